The number of aliphatic hydroxyl groups is 1. The van der Waals surface area contributed by atoms with Gasteiger partial charge in [-0.05, 0) is 29.7 Å². The molecule has 2 aromatic rings. The van der Waals surface area contributed by atoms with Gasteiger partial charge >= 0.3 is 0 Å². The van der Waals surface area contributed by atoms with Crippen molar-refractivity contribution < 1.29 is 13.5 Å². The van der Waals surface area contributed by atoms with Crippen LogP contribution in [0.3, 0.4) is 0 Å². The Bertz CT molecular complexity index is 728. The van der Waals surface area contributed by atoms with Crippen molar-refractivity contribution in [1.29, 1.82) is 0 Å². The second kappa shape index (κ2) is 6.57. The van der Waals surface area contributed by atoms with E-state index in [4.69, 9.17) is 16.7 Å². The maximum Gasteiger partial charge on any atom is 0.242 e. The first-order valence-electron chi connectivity index (χ1n) is 6.29. The molecule has 2 N–H and O–H groups in total. The number of nitrogens with one attached hydrogen (secondary N) is 1. The molecule has 0 radical (unpaired) electrons. The van der Waals surface area contributed by atoms with E-state index in [1.54, 1.807) is 24.0 Å². The third-order valence-corrected chi connectivity index (χ3v) is 4.87. The zero-order chi connectivity index (χ0) is 15.5. The predicted molar refractivity (Wildman–Crippen MR) is 79.5 cm³/mol. The Labute approximate surface area is 128 Å². The van der Waals surface area contributed by atoms with E-state index >= 15 is 0 Å². The van der Waals surface area contributed by atoms with E-state index in [9.17, 15) is 8.42 Å². The first-order valence-corrected chi connectivity index (χ1v) is 8.15. The van der Waals surface area contributed by atoms with Crippen molar-refractivity contribution in [3.63, 3.8) is 0 Å². The first-order chi connectivity index (χ1) is 9.92. The molecular weight excluding hydrogens is 314 g/mol. The molecule has 0 saturated carbocycles. The normalized spacial score (nSPS) is 11.8. The molecule has 0 aliphatic heterocycles. The molecule has 8 heteroatoms. The highest BCUT2D eigenvalue weighted by Crippen LogP contribution is 2.22. The smallest absolute Gasteiger partial charge is 0.242 e. The van der Waals surface area contributed by atoms with E-state index < -0.39 is 10.0 Å². The second-order valence-corrected chi connectivity index (χ2v) is 6.74. The molecule has 21 heavy (non-hydrogen) atoms. The summed E-state index contributed by atoms with van der Waals surface area (Å²) in [4.78, 5) is -0.0260. The summed E-state index contributed by atoms with van der Waals surface area (Å²) in [6, 6.07) is 4.41. The number of aryl methyl sites for hydroxylation is 1. The fourth-order valence-corrected chi connectivity index (χ4v) is 3.44. The Morgan fingerprint density at radius 3 is 2.76 bits per heavy atom. The van der Waals surface area contributed by atoms with Crippen molar-refractivity contribution in [2.24, 2.45) is 7.05 Å². The molecule has 0 fully saturated rings. The summed E-state index contributed by atoms with van der Waals surface area (Å²) < 4.78 is 28.6. The summed E-state index contributed by atoms with van der Waals surface area (Å²) in [6.07, 6.45) is 4.05. The number of sulfonamides is 1. The predicted octanol–water partition coefficient (Wildman–Crippen LogP) is 1.09. The number of benzene rings is 1. The Hall–Kier alpha value is -1.41. The topological polar surface area (TPSA) is 84.2 Å². The largest absolute Gasteiger partial charge is 0.392 e. The molecule has 2 rings (SSSR count). The molecule has 1 aromatic heterocycles. The van der Waals surface area contributed by atoms with Crippen LogP contribution in [0, 0.1) is 0 Å². The minimum absolute atomic E-state index is 0.0260. The lowest BCUT2D eigenvalue weighted by Gasteiger charge is -2.09. The summed E-state index contributed by atoms with van der Waals surface area (Å²) in [5, 5.41) is 13.2. The van der Waals surface area contributed by atoms with Gasteiger partial charge in [-0.15, -0.1) is 0 Å². The van der Waals surface area contributed by atoms with Crippen LogP contribution in [0.15, 0.2) is 35.5 Å². The number of aliphatic hydroxyl groups excluding tert-OH is 1. The highest BCUT2D eigenvalue weighted by atomic mass is 35.5. The molecule has 0 unspecified atom stereocenters. The number of rotatable bonds is 6. The SMILES string of the molecule is Cn1cc(CCNS(=O)(=O)c2cc(CO)ccc2Cl)cn1. The van der Waals surface area contributed by atoms with Crippen LogP contribution in [0.1, 0.15) is 11.1 Å². The van der Waals surface area contributed by atoms with Gasteiger partial charge in [0.25, 0.3) is 0 Å². The van der Waals surface area contributed by atoms with Crippen molar-refractivity contribution >= 4 is 21.6 Å². The average Bonchev–Trinajstić information content (AvgIpc) is 2.84. The monoisotopic (exact) mass is 329 g/mol. The first kappa shape index (κ1) is 16.0. The van der Waals surface area contributed by atoms with E-state index in [1.807, 2.05) is 6.20 Å². The number of hydrogen-bond donors (Lipinski definition) is 2. The van der Waals surface area contributed by atoms with Gasteiger partial charge in [0, 0.05) is 19.8 Å². The summed E-state index contributed by atoms with van der Waals surface area (Å²) in [5.74, 6) is 0. The fourth-order valence-electron chi connectivity index (χ4n) is 1.86. The van der Waals surface area contributed by atoms with Gasteiger partial charge in [-0.1, -0.05) is 17.7 Å². The molecule has 0 saturated heterocycles. The van der Waals surface area contributed by atoms with Crippen molar-refractivity contribution in [2.75, 3.05) is 6.54 Å². The van der Waals surface area contributed by atoms with Crippen LogP contribution in [-0.4, -0.2) is 29.8 Å². The van der Waals surface area contributed by atoms with Gasteiger partial charge in [0.15, 0.2) is 0 Å². The highest BCUT2D eigenvalue weighted by Gasteiger charge is 2.18. The molecule has 1 heterocycles. The number of hydrogen-bond acceptors (Lipinski definition) is 4. The number of halogens is 1. The van der Waals surface area contributed by atoms with Crippen LogP contribution in [-0.2, 0) is 30.1 Å². The molecule has 114 valence electrons. The molecular formula is C13H16ClN3O3S. The van der Waals surface area contributed by atoms with Crippen molar-refractivity contribution in [2.45, 2.75) is 17.9 Å². The van der Waals surface area contributed by atoms with Crippen LogP contribution in [0.4, 0.5) is 0 Å². The van der Waals surface area contributed by atoms with E-state index in [0.717, 1.165) is 5.56 Å². The molecule has 0 atom stereocenters. The molecule has 0 spiro atoms. The van der Waals surface area contributed by atoms with E-state index in [-0.39, 0.29) is 23.1 Å². The number of aromatic nitrogens is 2. The van der Waals surface area contributed by atoms with Gasteiger partial charge in [0.05, 0.1) is 17.8 Å². The van der Waals surface area contributed by atoms with Crippen LogP contribution in [0.5, 0.6) is 0 Å². The maximum atomic E-state index is 12.2. The molecule has 1 aromatic carbocycles. The van der Waals surface area contributed by atoms with Gasteiger partial charge < -0.3 is 5.11 Å². The summed E-state index contributed by atoms with van der Waals surface area (Å²) in [5.41, 5.74) is 1.43. The van der Waals surface area contributed by atoms with Crippen LogP contribution in [0.2, 0.25) is 5.02 Å². The van der Waals surface area contributed by atoms with Gasteiger partial charge in [0.2, 0.25) is 10.0 Å². The Balaban J connectivity index is 2.07. The lowest BCUT2D eigenvalue weighted by atomic mass is 10.2. The fraction of sp³-hybridized carbons (Fsp3) is 0.308. The summed E-state index contributed by atoms with van der Waals surface area (Å²) in [6.45, 7) is 0.00306. The van der Waals surface area contributed by atoms with E-state index in [0.29, 0.717) is 12.0 Å². The van der Waals surface area contributed by atoms with Gasteiger partial charge in [-0.3, -0.25) is 4.68 Å². The quantitative estimate of drug-likeness (QED) is 0.830. The van der Waals surface area contributed by atoms with E-state index in [2.05, 4.69) is 9.82 Å². The summed E-state index contributed by atoms with van der Waals surface area (Å²) in [7, 11) is -1.91. The third-order valence-electron chi connectivity index (χ3n) is 2.93. The minimum atomic E-state index is -3.71. The molecule has 0 bridgehead atoms. The number of nitrogens with zero attached hydrogens (tertiary/aromatic N) is 2. The maximum absolute atomic E-state index is 12.2. The zero-order valence-electron chi connectivity index (χ0n) is 11.5. The zero-order valence-corrected chi connectivity index (χ0v) is 13.0. The standard InChI is InChI=1S/C13H16ClN3O3S/c1-17-8-11(7-15-17)4-5-16-21(19,20)13-6-10(9-18)2-3-12(13)14/h2-3,6-8,16,18H,4-5,9H2,1H3. The highest BCUT2D eigenvalue weighted by molar-refractivity contribution is 7.89. The molecule has 0 aliphatic rings. The molecule has 0 amide bonds. The van der Waals surface area contributed by atoms with Crippen LogP contribution >= 0.6 is 11.6 Å². The summed E-state index contributed by atoms with van der Waals surface area (Å²) >= 11 is 5.92. The van der Waals surface area contributed by atoms with Gasteiger partial charge in [0.1, 0.15) is 4.90 Å². The minimum Gasteiger partial charge on any atom is -0.392 e. The third kappa shape index (κ3) is 4.04. The molecule has 6 nitrogen and oxygen atoms in total. The second-order valence-electron chi connectivity index (χ2n) is 4.59. The lowest BCUT2D eigenvalue weighted by Crippen LogP contribution is -2.26. The van der Waals surface area contributed by atoms with Gasteiger partial charge in [-0.25, -0.2) is 13.1 Å². The lowest BCUT2D eigenvalue weighted by molar-refractivity contribution is 0.281. The Kier molecular flexibility index (Phi) is 5.00. The van der Waals surface area contributed by atoms with Gasteiger partial charge in [-0.2, -0.15) is 5.10 Å². The van der Waals surface area contributed by atoms with Crippen molar-refractivity contribution in [3.05, 3.63) is 46.7 Å². The van der Waals surface area contributed by atoms with Crippen LogP contribution in [0.25, 0.3) is 0 Å². The Morgan fingerprint density at radius 2 is 2.14 bits per heavy atom. The molecule has 0 aliphatic carbocycles. The van der Waals surface area contributed by atoms with Crippen molar-refractivity contribution in [1.82, 2.24) is 14.5 Å². The van der Waals surface area contributed by atoms with E-state index in [1.165, 1.54) is 12.1 Å². The van der Waals surface area contributed by atoms with Crippen LogP contribution < -0.4 is 4.72 Å². The Morgan fingerprint density at radius 1 is 1.38 bits per heavy atom. The average molecular weight is 330 g/mol. The van der Waals surface area contributed by atoms with Crippen molar-refractivity contribution in [3.8, 4) is 0 Å².